The van der Waals surface area contributed by atoms with Gasteiger partial charge in [0.2, 0.25) is 0 Å². The first-order valence-electron chi connectivity index (χ1n) is 4.10. The fourth-order valence-electron chi connectivity index (χ4n) is 0.639. The number of nitrogens with zero attached hydrogens (tertiary/aromatic N) is 2. The summed E-state index contributed by atoms with van der Waals surface area (Å²) in [6, 6.07) is 0. The van der Waals surface area contributed by atoms with Crippen molar-refractivity contribution in [2.45, 2.75) is 0 Å². The van der Waals surface area contributed by atoms with Crippen molar-refractivity contribution < 1.29 is 4.84 Å². The van der Waals surface area contributed by atoms with Crippen LogP contribution in [0.2, 0.25) is 0 Å². The lowest BCUT2D eigenvalue weighted by Gasteiger charge is -1.78. The van der Waals surface area contributed by atoms with E-state index in [4.69, 9.17) is 0 Å². The van der Waals surface area contributed by atoms with E-state index in [2.05, 4.69) is 20.3 Å². The maximum Gasteiger partial charge on any atom is 0.122 e. The van der Waals surface area contributed by atoms with Crippen molar-refractivity contribution in [1.82, 2.24) is 5.32 Å². The van der Waals surface area contributed by atoms with Crippen LogP contribution in [0.3, 0.4) is 0 Å². The van der Waals surface area contributed by atoms with Crippen molar-refractivity contribution in [3.63, 3.8) is 0 Å². The Hall–Kier alpha value is -2.10. The van der Waals surface area contributed by atoms with Crippen LogP contribution in [0.15, 0.2) is 59.3 Å². The second-order valence-electron chi connectivity index (χ2n) is 2.21. The van der Waals surface area contributed by atoms with E-state index in [1.165, 1.54) is 6.26 Å². The number of rotatable bonds is 0. The maximum atomic E-state index is 4.52. The molecule has 2 aliphatic heterocycles. The standard InChI is InChI=1S/C5H6N2.C5H5NO/c1-2-6-4-5-7-3-1;1-2-4-6-7-5-3-1/h1-6H;1-5H. The van der Waals surface area contributed by atoms with Crippen molar-refractivity contribution in [1.29, 1.82) is 0 Å². The molecule has 0 aromatic rings. The normalized spacial score (nSPS) is 16.0. The van der Waals surface area contributed by atoms with Gasteiger partial charge >= 0.3 is 0 Å². The van der Waals surface area contributed by atoms with E-state index in [1.54, 1.807) is 37.0 Å². The number of hydrogen-bond acceptors (Lipinski definition) is 4. The molecule has 0 radical (unpaired) electrons. The summed E-state index contributed by atoms with van der Waals surface area (Å²) >= 11 is 0. The molecule has 0 amide bonds. The zero-order valence-corrected chi connectivity index (χ0v) is 7.58. The Morgan fingerprint density at radius 2 is 1.93 bits per heavy atom. The molecule has 2 heterocycles. The maximum absolute atomic E-state index is 4.52. The molecule has 72 valence electrons. The predicted octanol–water partition coefficient (Wildman–Crippen LogP) is 1.72. The monoisotopic (exact) mass is 189 g/mol. The Balaban J connectivity index is 0.000000140. The molecular formula is C10H11N3O. The van der Waals surface area contributed by atoms with Gasteiger partial charge < -0.3 is 10.2 Å². The van der Waals surface area contributed by atoms with Crippen LogP contribution in [-0.4, -0.2) is 12.4 Å². The number of oxime groups is 1. The third-order valence-electron chi connectivity index (χ3n) is 1.19. The van der Waals surface area contributed by atoms with Crippen LogP contribution in [0.4, 0.5) is 0 Å². The molecule has 0 fully saturated rings. The lowest BCUT2D eigenvalue weighted by Crippen LogP contribution is -1.87. The number of allylic oxidation sites excluding steroid dienone is 4. The zero-order valence-electron chi connectivity index (χ0n) is 7.58. The highest BCUT2D eigenvalue weighted by Crippen LogP contribution is 1.84. The summed E-state index contributed by atoms with van der Waals surface area (Å²) in [6.45, 7) is 0. The molecule has 0 spiro atoms. The van der Waals surface area contributed by atoms with Crippen molar-refractivity contribution in [3.05, 3.63) is 49.2 Å². The van der Waals surface area contributed by atoms with Crippen LogP contribution in [0, 0.1) is 0 Å². The van der Waals surface area contributed by atoms with E-state index in [0.29, 0.717) is 0 Å². The fraction of sp³-hybridized carbons (Fsp3) is 0. The van der Waals surface area contributed by atoms with E-state index in [0.717, 1.165) is 0 Å². The van der Waals surface area contributed by atoms with E-state index >= 15 is 0 Å². The van der Waals surface area contributed by atoms with E-state index in [-0.39, 0.29) is 0 Å². The molecule has 0 aliphatic carbocycles. The summed E-state index contributed by atoms with van der Waals surface area (Å²) < 4.78 is 0. The fourth-order valence-corrected chi connectivity index (χ4v) is 0.639. The highest BCUT2D eigenvalue weighted by molar-refractivity contribution is 5.71. The van der Waals surface area contributed by atoms with Gasteiger partial charge in [0.15, 0.2) is 0 Å². The average Bonchev–Trinajstić information content (AvgIpc) is 2.68. The molecule has 0 aromatic carbocycles. The van der Waals surface area contributed by atoms with E-state index < -0.39 is 0 Å². The second kappa shape index (κ2) is 7.54. The van der Waals surface area contributed by atoms with Crippen molar-refractivity contribution in [3.8, 4) is 0 Å². The molecule has 0 unspecified atom stereocenters. The third kappa shape index (κ3) is 5.54. The van der Waals surface area contributed by atoms with Gasteiger partial charge in [0.05, 0.1) is 6.21 Å². The van der Waals surface area contributed by atoms with Gasteiger partial charge in [0, 0.05) is 24.8 Å². The summed E-state index contributed by atoms with van der Waals surface area (Å²) in [5, 5.41) is 6.33. The highest BCUT2D eigenvalue weighted by Gasteiger charge is 1.70. The Kier molecular flexibility index (Phi) is 5.38. The Morgan fingerprint density at radius 1 is 0.929 bits per heavy atom. The van der Waals surface area contributed by atoms with Crippen LogP contribution in [-0.2, 0) is 4.84 Å². The smallest absolute Gasteiger partial charge is 0.122 e. The summed E-state index contributed by atoms with van der Waals surface area (Å²) in [7, 11) is 0. The molecule has 0 atom stereocenters. The third-order valence-corrected chi connectivity index (χ3v) is 1.19. The minimum atomic E-state index is 1.51. The van der Waals surface area contributed by atoms with Gasteiger partial charge in [-0.2, -0.15) is 0 Å². The van der Waals surface area contributed by atoms with Gasteiger partial charge in [-0.25, -0.2) is 0 Å². The molecule has 14 heavy (non-hydrogen) atoms. The van der Waals surface area contributed by atoms with Crippen LogP contribution in [0.1, 0.15) is 0 Å². The predicted molar refractivity (Wildman–Crippen MR) is 57.8 cm³/mol. The molecule has 0 saturated carbocycles. The molecule has 0 saturated heterocycles. The molecule has 4 nitrogen and oxygen atoms in total. The average molecular weight is 189 g/mol. The lowest BCUT2D eigenvalue weighted by atomic mass is 10.5. The van der Waals surface area contributed by atoms with Gasteiger partial charge in [-0.15, -0.1) is 0 Å². The SMILES string of the molecule is C1=CC=NOC=C1.C1=CNC=CN=C1. The number of aliphatic imine (C=N–C) groups is 1. The van der Waals surface area contributed by atoms with Gasteiger partial charge in [-0.1, -0.05) is 11.2 Å². The van der Waals surface area contributed by atoms with Crippen LogP contribution < -0.4 is 5.32 Å². The molecule has 1 N–H and O–H groups in total. The zero-order chi connectivity index (χ0) is 9.90. The van der Waals surface area contributed by atoms with Crippen LogP contribution in [0.5, 0.6) is 0 Å². The van der Waals surface area contributed by atoms with E-state index in [9.17, 15) is 0 Å². The minimum absolute atomic E-state index is 1.51. The van der Waals surface area contributed by atoms with Crippen molar-refractivity contribution in [2.75, 3.05) is 0 Å². The van der Waals surface area contributed by atoms with Crippen molar-refractivity contribution >= 4 is 12.4 Å². The summed E-state index contributed by atoms with van der Waals surface area (Å²) in [6.07, 6.45) is 17.3. The Labute approximate surface area is 82.7 Å². The van der Waals surface area contributed by atoms with Gasteiger partial charge in [-0.3, -0.25) is 4.99 Å². The Bertz CT molecular complexity index is 251. The minimum Gasteiger partial charge on any atom is -0.366 e. The van der Waals surface area contributed by atoms with Gasteiger partial charge in [0.1, 0.15) is 6.26 Å². The first kappa shape index (κ1) is 9.98. The van der Waals surface area contributed by atoms with Gasteiger partial charge in [0.25, 0.3) is 0 Å². The quantitative estimate of drug-likeness (QED) is 0.630. The molecule has 2 aliphatic rings. The van der Waals surface area contributed by atoms with Gasteiger partial charge in [-0.05, 0) is 18.2 Å². The van der Waals surface area contributed by atoms with Crippen molar-refractivity contribution in [2.24, 2.45) is 10.1 Å². The number of nitrogens with one attached hydrogen (secondary N) is 1. The lowest BCUT2D eigenvalue weighted by molar-refractivity contribution is 0.271. The molecule has 0 bridgehead atoms. The largest absolute Gasteiger partial charge is 0.366 e. The highest BCUT2D eigenvalue weighted by atomic mass is 16.6. The molecular weight excluding hydrogens is 178 g/mol. The topological polar surface area (TPSA) is 46.0 Å². The molecule has 4 heteroatoms. The summed E-state index contributed by atoms with van der Waals surface area (Å²) in [5.74, 6) is 0. The molecule has 2 rings (SSSR count). The van der Waals surface area contributed by atoms with E-state index in [1.807, 2.05) is 18.4 Å². The summed E-state index contributed by atoms with van der Waals surface area (Å²) in [4.78, 5) is 8.34. The second-order valence-corrected chi connectivity index (χ2v) is 2.21. The van der Waals surface area contributed by atoms with Crippen LogP contribution in [0.25, 0.3) is 0 Å². The first-order chi connectivity index (χ1) is 7.00. The molecule has 0 aromatic heterocycles. The van der Waals surface area contributed by atoms with Crippen LogP contribution >= 0.6 is 0 Å². The number of hydrogen-bond donors (Lipinski definition) is 1. The Morgan fingerprint density at radius 3 is 2.93 bits per heavy atom. The summed E-state index contributed by atoms with van der Waals surface area (Å²) in [5.41, 5.74) is 0. The first-order valence-corrected chi connectivity index (χ1v) is 4.10.